The molecule has 4 aromatic rings. The third kappa shape index (κ3) is 3.26. The number of thiazole rings is 1. The van der Waals surface area contributed by atoms with Crippen molar-refractivity contribution in [3.8, 4) is 0 Å². The summed E-state index contributed by atoms with van der Waals surface area (Å²) in [5.74, 6) is 0. The van der Waals surface area contributed by atoms with E-state index in [9.17, 15) is 0 Å². The van der Waals surface area contributed by atoms with Crippen molar-refractivity contribution in [3.05, 3.63) is 87.1 Å². The van der Waals surface area contributed by atoms with Crippen LogP contribution in [0.1, 0.15) is 27.1 Å². The molecular formula is C20H18N2S2. The summed E-state index contributed by atoms with van der Waals surface area (Å²) < 4.78 is 1.25. The molecule has 0 spiro atoms. The molecule has 2 heterocycles. The molecule has 4 heteroatoms. The molecule has 2 aromatic carbocycles. The normalized spacial score (nSPS) is 12.5. The van der Waals surface area contributed by atoms with Gasteiger partial charge in [0.2, 0.25) is 0 Å². The second kappa shape index (κ2) is 6.85. The van der Waals surface area contributed by atoms with Crippen molar-refractivity contribution in [1.29, 1.82) is 0 Å². The molecule has 0 fully saturated rings. The van der Waals surface area contributed by atoms with Gasteiger partial charge in [0.25, 0.3) is 0 Å². The van der Waals surface area contributed by atoms with Gasteiger partial charge < -0.3 is 0 Å². The monoisotopic (exact) mass is 350 g/mol. The van der Waals surface area contributed by atoms with Crippen LogP contribution in [0.3, 0.4) is 0 Å². The van der Waals surface area contributed by atoms with E-state index in [0.29, 0.717) is 0 Å². The van der Waals surface area contributed by atoms with E-state index >= 15 is 0 Å². The SMILES string of the molecule is Cc1ccc([C@H](NCc2nc3ccccc3s2)c2cccs2)cc1. The summed E-state index contributed by atoms with van der Waals surface area (Å²) in [7, 11) is 0. The smallest absolute Gasteiger partial charge is 0.108 e. The molecule has 0 saturated heterocycles. The molecule has 2 nitrogen and oxygen atoms in total. The zero-order valence-corrected chi connectivity index (χ0v) is 15.0. The van der Waals surface area contributed by atoms with Crippen LogP contribution in [0.5, 0.6) is 0 Å². The first kappa shape index (κ1) is 15.5. The van der Waals surface area contributed by atoms with E-state index in [4.69, 9.17) is 4.98 Å². The second-order valence-electron chi connectivity index (χ2n) is 5.82. The van der Waals surface area contributed by atoms with Gasteiger partial charge in [0.1, 0.15) is 5.01 Å². The number of hydrogen-bond donors (Lipinski definition) is 1. The van der Waals surface area contributed by atoms with Crippen LogP contribution in [0.4, 0.5) is 0 Å². The molecule has 24 heavy (non-hydrogen) atoms. The zero-order valence-electron chi connectivity index (χ0n) is 13.4. The highest BCUT2D eigenvalue weighted by atomic mass is 32.1. The number of aromatic nitrogens is 1. The summed E-state index contributed by atoms with van der Waals surface area (Å²) >= 11 is 3.55. The van der Waals surface area contributed by atoms with Gasteiger partial charge in [-0.2, -0.15) is 0 Å². The Labute approximate surface area is 149 Å². The van der Waals surface area contributed by atoms with Gasteiger partial charge in [-0.15, -0.1) is 22.7 Å². The van der Waals surface area contributed by atoms with Gasteiger partial charge in [-0.25, -0.2) is 4.98 Å². The van der Waals surface area contributed by atoms with Gasteiger partial charge in [0.15, 0.2) is 0 Å². The molecule has 4 rings (SSSR count). The highest BCUT2D eigenvalue weighted by Gasteiger charge is 2.15. The lowest BCUT2D eigenvalue weighted by Gasteiger charge is -2.17. The lowest BCUT2D eigenvalue weighted by Crippen LogP contribution is -2.21. The van der Waals surface area contributed by atoms with Crippen molar-refractivity contribution >= 4 is 32.9 Å². The minimum Gasteiger partial charge on any atom is -0.299 e. The minimum absolute atomic E-state index is 0.206. The number of hydrogen-bond acceptors (Lipinski definition) is 4. The summed E-state index contributed by atoms with van der Waals surface area (Å²) in [5, 5.41) is 6.96. The minimum atomic E-state index is 0.206. The van der Waals surface area contributed by atoms with E-state index in [1.54, 1.807) is 22.7 Å². The Morgan fingerprint density at radius 2 is 1.83 bits per heavy atom. The average Bonchev–Trinajstić information content (AvgIpc) is 3.26. The molecule has 0 unspecified atom stereocenters. The van der Waals surface area contributed by atoms with Crippen LogP contribution < -0.4 is 5.32 Å². The summed E-state index contributed by atoms with van der Waals surface area (Å²) in [6.45, 7) is 2.90. The largest absolute Gasteiger partial charge is 0.299 e. The summed E-state index contributed by atoms with van der Waals surface area (Å²) in [6, 6.07) is 21.6. The van der Waals surface area contributed by atoms with Crippen LogP contribution >= 0.6 is 22.7 Å². The van der Waals surface area contributed by atoms with Crippen molar-refractivity contribution in [2.24, 2.45) is 0 Å². The second-order valence-corrected chi connectivity index (χ2v) is 7.91. The van der Waals surface area contributed by atoms with E-state index in [1.165, 1.54) is 20.7 Å². The molecule has 1 N–H and O–H groups in total. The Kier molecular flexibility index (Phi) is 4.43. The van der Waals surface area contributed by atoms with E-state index in [1.807, 2.05) is 6.07 Å². The molecule has 0 aliphatic carbocycles. The first-order valence-corrected chi connectivity index (χ1v) is 9.67. The Balaban J connectivity index is 1.58. The predicted molar refractivity (Wildman–Crippen MR) is 104 cm³/mol. The maximum Gasteiger partial charge on any atom is 0.108 e. The lowest BCUT2D eigenvalue weighted by molar-refractivity contribution is 0.612. The quantitative estimate of drug-likeness (QED) is 0.511. The molecule has 0 amide bonds. The van der Waals surface area contributed by atoms with E-state index in [2.05, 4.69) is 72.2 Å². The van der Waals surface area contributed by atoms with Crippen molar-refractivity contribution in [2.45, 2.75) is 19.5 Å². The fourth-order valence-corrected chi connectivity index (χ4v) is 4.53. The first-order valence-electron chi connectivity index (χ1n) is 7.97. The summed E-state index contributed by atoms with van der Waals surface area (Å²) in [5.41, 5.74) is 3.67. The Morgan fingerprint density at radius 1 is 1.00 bits per heavy atom. The molecule has 0 saturated carbocycles. The van der Waals surface area contributed by atoms with Crippen LogP contribution in [0.2, 0.25) is 0 Å². The molecule has 2 aromatic heterocycles. The van der Waals surface area contributed by atoms with Gasteiger partial charge in [0, 0.05) is 11.4 Å². The molecule has 120 valence electrons. The molecular weight excluding hydrogens is 332 g/mol. The van der Waals surface area contributed by atoms with Crippen LogP contribution in [-0.2, 0) is 6.54 Å². The fraction of sp³-hybridized carbons (Fsp3) is 0.150. The maximum absolute atomic E-state index is 4.73. The number of fused-ring (bicyclic) bond motifs is 1. The average molecular weight is 351 g/mol. The van der Waals surface area contributed by atoms with Crippen LogP contribution in [-0.4, -0.2) is 4.98 Å². The third-order valence-corrected chi connectivity index (χ3v) is 6.01. The van der Waals surface area contributed by atoms with Crippen molar-refractivity contribution in [3.63, 3.8) is 0 Å². The van der Waals surface area contributed by atoms with E-state index < -0.39 is 0 Å². The van der Waals surface area contributed by atoms with Crippen LogP contribution in [0.25, 0.3) is 10.2 Å². The molecule has 0 aliphatic rings. The number of aryl methyl sites for hydroxylation is 1. The molecule has 0 bridgehead atoms. The van der Waals surface area contributed by atoms with Gasteiger partial charge in [-0.3, -0.25) is 5.32 Å². The Bertz CT molecular complexity index is 891. The number of thiophene rings is 1. The maximum atomic E-state index is 4.73. The van der Waals surface area contributed by atoms with Gasteiger partial charge in [-0.1, -0.05) is 48.0 Å². The molecule has 1 atom stereocenters. The summed E-state index contributed by atoms with van der Waals surface area (Å²) in [6.07, 6.45) is 0. The van der Waals surface area contributed by atoms with E-state index in [-0.39, 0.29) is 6.04 Å². The number of nitrogens with zero attached hydrogens (tertiary/aromatic N) is 1. The number of nitrogens with one attached hydrogen (secondary N) is 1. The lowest BCUT2D eigenvalue weighted by atomic mass is 10.0. The molecule has 0 aliphatic heterocycles. The zero-order chi connectivity index (χ0) is 16.4. The number of benzene rings is 2. The third-order valence-electron chi connectivity index (χ3n) is 4.03. The van der Waals surface area contributed by atoms with Crippen molar-refractivity contribution < 1.29 is 0 Å². The van der Waals surface area contributed by atoms with E-state index in [0.717, 1.165) is 17.1 Å². The van der Waals surface area contributed by atoms with Crippen LogP contribution in [0.15, 0.2) is 66.0 Å². The highest BCUT2D eigenvalue weighted by Crippen LogP contribution is 2.28. The van der Waals surface area contributed by atoms with Crippen molar-refractivity contribution in [2.75, 3.05) is 0 Å². The topological polar surface area (TPSA) is 24.9 Å². The van der Waals surface area contributed by atoms with Gasteiger partial charge >= 0.3 is 0 Å². The van der Waals surface area contributed by atoms with Gasteiger partial charge in [0.05, 0.1) is 16.3 Å². The number of para-hydroxylation sites is 1. The fourth-order valence-electron chi connectivity index (χ4n) is 2.78. The Hall–Kier alpha value is -2.01. The van der Waals surface area contributed by atoms with Crippen LogP contribution in [0, 0.1) is 6.92 Å². The standard InChI is InChI=1S/C20H18N2S2/c1-14-8-10-15(11-9-14)20(18-7-4-12-23-18)21-13-19-22-16-5-2-3-6-17(16)24-19/h2-12,20-21H,13H2,1H3/t20-/m0/s1. The van der Waals surface area contributed by atoms with Crippen molar-refractivity contribution in [1.82, 2.24) is 10.3 Å². The number of rotatable bonds is 5. The Morgan fingerprint density at radius 3 is 2.58 bits per heavy atom. The summed E-state index contributed by atoms with van der Waals surface area (Å²) in [4.78, 5) is 6.07. The highest BCUT2D eigenvalue weighted by molar-refractivity contribution is 7.18. The molecule has 0 radical (unpaired) electrons. The van der Waals surface area contributed by atoms with Gasteiger partial charge in [-0.05, 0) is 36.1 Å². The first-order chi connectivity index (χ1) is 11.8. The predicted octanol–water partition coefficient (Wildman–Crippen LogP) is 5.55.